The molecule has 1 saturated carbocycles. The summed E-state index contributed by atoms with van der Waals surface area (Å²) in [5.41, 5.74) is 0.730. The first-order valence-corrected chi connectivity index (χ1v) is 10.3. The minimum absolute atomic E-state index is 0.730. The van der Waals surface area contributed by atoms with E-state index in [9.17, 15) is 0 Å². The lowest BCUT2D eigenvalue weighted by atomic mass is 10.3. The monoisotopic (exact) mass is 292 g/mol. The lowest BCUT2D eigenvalue weighted by molar-refractivity contribution is 0.170. The molecule has 2 nitrogen and oxygen atoms in total. The molecule has 0 N–H and O–H groups in total. The molecule has 0 heterocycles. The third-order valence-corrected chi connectivity index (χ3v) is 8.61. The number of unbranched alkanes of at least 4 members (excludes halogenated alkanes) is 2. The Morgan fingerprint density at radius 2 is 1.61 bits per heavy atom. The third kappa shape index (κ3) is 4.84. The second-order valence-electron chi connectivity index (χ2n) is 5.16. The molecule has 1 aliphatic rings. The van der Waals surface area contributed by atoms with Crippen molar-refractivity contribution < 1.29 is 8.85 Å². The fourth-order valence-electron chi connectivity index (χ4n) is 3.12. The summed E-state index contributed by atoms with van der Waals surface area (Å²) in [7, 11) is -1.96. The number of hydrogen-bond acceptors (Lipinski definition) is 2. The molecule has 1 rings (SSSR count). The highest BCUT2D eigenvalue weighted by molar-refractivity contribution is 6.69. The maximum atomic E-state index is 6.22. The maximum absolute atomic E-state index is 6.22. The van der Waals surface area contributed by atoms with Gasteiger partial charge in [-0.2, -0.15) is 0 Å². The van der Waals surface area contributed by atoms with Gasteiger partial charge < -0.3 is 8.85 Å². The molecule has 0 unspecified atom stereocenters. The molecular formula is C14H29ClO2Si. The first-order valence-electron chi connectivity index (χ1n) is 7.63. The van der Waals surface area contributed by atoms with Crippen LogP contribution < -0.4 is 0 Å². The predicted molar refractivity (Wildman–Crippen MR) is 80.6 cm³/mol. The number of halogens is 1. The van der Waals surface area contributed by atoms with E-state index in [1.54, 1.807) is 0 Å². The summed E-state index contributed by atoms with van der Waals surface area (Å²) < 4.78 is 12.4. The Hall–Kier alpha value is 0.427. The Labute approximate surface area is 119 Å². The zero-order valence-corrected chi connectivity index (χ0v) is 13.8. The Balaban J connectivity index is 2.56. The average molecular weight is 293 g/mol. The van der Waals surface area contributed by atoms with Crippen molar-refractivity contribution in [2.24, 2.45) is 0 Å². The Morgan fingerprint density at radius 3 is 2.11 bits per heavy atom. The predicted octanol–water partition coefficient (Wildman–Crippen LogP) is 4.85. The Morgan fingerprint density at radius 1 is 1.00 bits per heavy atom. The molecule has 0 bridgehead atoms. The lowest BCUT2D eigenvalue weighted by Gasteiger charge is -2.35. The quantitative estimate of drug-likeness (QED) is 0.325. The van der Waals surface area contributed by atoms with Crippen LogP contribution in [0.15, 0.2) is 0 Å². The van der Waals surface area contributed by atoms with Crippen LogP contribution in [0.25, 0.3) is 0 Å². The highest BCUT2D eigenvalue weighted by atomic mass is 35.5. The number of rotatable bonds is 10. The van der Waals surface area contributed by atoms with Crippen molar-refractivity contribution in [3.63, 3.8) is 0 Å². The molecule has 0 amide bonds. The van der Waals surface area contributed by atoms with Crippen LogP contribution in [0.4, 0.5) is 0 Å². The van der Waals surface area contributed by atoms with Crippen molar-refractivity contribution in [1.29, 1.82) is 0 Å². The van der Waals surface area contributed by atoms with Gasteiger partial charge >= 0.3 is 8.56 Å². The molecule has 18 heavy (non-hydrogen) atoms. The van der Waals surface area contributed by atoms with E-state index in [0.717, 1.165) is 37.1 Å². The Kier molecular flexibility index (Phi) is 8.56. The van der Waals surface area contributed by atoms with E-state index in [2.05, 4.69) is 13.8 Å². The molecule has 0 radical (unpaired) electrons. The van der Waals surface area contributed by atoms with Gasteiger partial charge in [-0.1, -0.05) is 25.7 Å². The van der Waals surface area contributed by atoms with Gasteiger partial charge in [0, 0.05) is 24.6 Å². The molecule has 1 aliphatic carbocycles. The zero-order chi connectivity index (χ0) is 13.3. The van der Waals surface area contributed by atoms with Gasteiger partial charge in [-0.25, -0.2) is 0 Å². The zero-order valence-electron chi connectivity index (χ0n) is 12.0. The summed E-state index contributed by atoms with van der Waals surface area (Å²) in [5, 5.41) is 0. The number of alkyl halides is 1. The summed E-state index contributed by atoms with van der Waals surface area (Å²) in [5.74, 6) is 0.779. The van der Waals surface area contributed by atoms with Crippen molar-refractivity contribution in [3.8, 4) is 0 Å². The second kappa shape index (κ2) is 9.35. The minimum Gasteiger partial charge on any atom is -0.394 e. The third-order valence-electron chi connectivity index (χ3n) is 3.91. The lowest BCUT2D eigenvalue weighted by Crippen LogP contribution is -2.46. The van der Waals surface area contributed by atoms with Gasteiger partial charge in [-0.3, -0.25) is 0 Å². The summed E-state index contributed by atoms with van der Waals surface area (Å²) in [6.45, 7) is 5.82. The smallest absolute Gasteiger partial charge is 0.341 e. The molecule has 108 valence electrons. The van der Waals surface area contributed by atoms with E-state index in [-0.39, 0.29) is 0 Å². The molecule has 0 atom stereocenters. The largest absolute Gasteiger partial charge is 0.394 e. The molecule has 4 heteroatoms. The fourth-order valence-corrected chi connectivity index (χ4v) is 7.57. The van der Waals surface area contributed by atoms with Crippen LogP contribution in [-0.4, -0.2) is 27.7 Å². The van der Waals surface area contributed by atoms with Crippen LogP contribution in [0, 0.1) is 0 Å². The summed E-state index contributed by atoms with van der Waals surface area (Å²) >= 11 is 5.75. The second-order valence-corrected chi connectivity index (χ2v) is 9.05. The van der Waals surface area contributed by atoms with Crippen molar-refractivity contribution in [1.82, 2.24) is 0 Å². The van der Waals surface area contributed by atoms with Crippen LogP contribution >= 0.6 is 11.6 Å². The SMILES string of the molecule is CCO[Si](CCCCCCl)(OCC)C1CCCC1. The molecule has 0 aromatic carbocycles. The van der Waals surface area contributed by atoms with Gasteiger partial charge in [-0.15, -0.1) is 11.6 Å². The van der Waals surface area contributed by atoms with E-state index in [1.807, 2.05) is 0 Å². The molecule has 0 saturated heterocycles. The molecule has 0 aliphatic heterocycles. The van der Waals surface area contributed by atoms with Crippen LogP contribution in [0.1, 0.15) is 58.8 Å². The summed E-state index contributed by atoms with van der Waals surface area (Å²) in [6, 6.07) is 1.16. The van der Waals surface area contributed by atoms with Gasteiger partial charge in [0.25, 0.3) is 0 Å². The van der Waals surface area contributed by atoms with Gasteiger partial charge in [0.05, 0.1) is 0 Å². The maximum Gasteiger partial charge on any atom is 0.341 e. The average Bonchev–Trinajstić information content (AvgIpc) is 2.89. The molecular weight excluding hydrogens is 264 g/mol. The summed E-state index contributed by atoms with van der Waals surface area (Å²) in [6.07, 6.45) is 8.92. The van der Waals surface area contributed by atoms with E-state index < -0.39 is 8.56 Å². The fraction of sp³-hybridized carbons (Fsp3) is 1.00. The van der Waals surface area contributed by atoms with Crippen LogP contribution in [0.3, 0.4) is 0 Å². The van der Waals surface area contributed by atoms with Gasteiger partial charge in [0.15, 0.2) is 0 Å². The van der Waals surface area contributed by atoms with Crippen molar-refractivity contribution in [2.75, 3.05) is 19.1 Å². The first kappa shape index (κ1) is 16.5. The normalized spacial score (nSPS) is 17.5. The topological polar surface area (TPSA) is 18.5 Å². The number of hydrogen-bond donors (Lipinski definition) is 0. The van der Waals surface area contributed by atoms with Crippen molar-refractivity contribution in [3.05, 3.63) is 0 Å². The standard InChI is InChI=1S/C14H29ClO2Si/c1-3-16-18(17-4-2,13-9-5-8-12-15)14-10-6-7-11-14/h14H,3-13H2,1-2H3. The first-order chi connectivity index (χ1) is 8.79. The van der Waals surface area contributed by atoms with Gasteiger partial charge in [0.2, 0.25) is 0 Å². The molecule has 1 fully saturated rings. The molecule has 0 aromatic rings. The van der Waals surface area contributed by atoms with E-state index >= 15 is 0 Å². The van der Waals surface area contributed by atoms with Crippen molar-refractivity contribution >= 4 is 20.2 Å². The van der Waals surface area contributed by atoms with Crippen molar-refractivity contribution in [2.45, 2.75) is 70.4 Å². The Bertz CT molecular complexity index is 202. The van der Waals surface area contributed by atoms with Gasteiger partial charge in [-0.05, 0) is 39.2 Å². The minimum atomic E-state index is -1.96. The van der Waals surface area contributed by atoms with E-state index in [0.29, 0.717) is 0 Å². The highest BCUT2D eigenvalue weighted by Gasteiger charge is 2.45. The van der Waals surface area contributed by atoms with E-state index in [1.165, 1.54) is 38.5 Å². The summed E-state index contributed by atoms with van der Waals surface area (Å²) in [4.78, 5) is 0. The van der Waals surface area contributed by atoms with Crippen LogP contribution in [0.2, 0.25) is 11.6 Å². The highest BCUT2D eigenvalue weighted by Crippen LogP contribution is 2.42. The van der Waals surface area contributed by atoms with Gasteiger partial charge in [0.1, 0.15) is 0 Å². The van der Waals surface area contributed by atoms with Crippen LogP contribution in [0.5, 0.6) is 0 Å². The molecule has 0 aromatic heterocycles. The van der Waals surface area contributed by atoms with E-state index in [4.69, 9.17) is 20.5 Å². The van der Waals surface area contributed by atoms with Crippen LogP contribution in [-0.2, 0) is 8.85 Å². The molecule has 0 spiro atoms.